The molecule has 1 aliphatic heterocycles. The Labute approximate surface area is 165 Å². The molecule has 3 aromatic rings. The fourth-order valence-corrected chi connectivity index (χ4v) is 4.45. The molecule has 1 atom stereocenters. The van der Waals surface area contributed by atoms with Crippen molar-refractivity contribution in [2.75, 3.05) is 13.1 Å². The molecule has 4 rings (SSSR count). The van der Waals surface area contributed by atoms with E-state index in [1.54, 1.807) is 6.20 Å². The van der Waals surface area contributed by atoms with E-state index >= 15 is 0 Å². The van der Waals surface area contributed by atoms with Crippen molar-refractivity contribution < 1.29 is 9.90 Å². The van der Waals surface area contributed by atoms with Gasteiger partial charge in [0, 0.05) is 43.4 Å². The van der Waals surface area contributed by atoms with Gasteiger partial charge in [0.05, 0.1) is 0 Å². The zero-order valence-electron chi connectivity index (χ0n) is 17.0. The van der Waals surface area contributed by atoms with E-state index in [-0.39, 0.29) is 11.8 Å². The number of imidazole rings is 1. The minimum atomic E-state index is -0.585. The summed E-state index contributed by atoms with van der Waals surface area (Å²) >= 11 is 0. The quantitative estimate of drug-likeness (QED) is 0.731. The van der Waals surface area contributed by atoms with E-state index in [4.69, 9.17) is 0 Å². The average molecular weight is 380 g/mol. The summed E-state index contributed by atoms with van der Waals surface area (Å²) in [6.45, 7) is 7.47. The Hall–Kier alpha value is -2.60. The number of amides is 1. The molecule has 1 amide bonds. The second-order valence-electron chi connectivity index (χ2n) is 8.10. The number of aliphatic hydroxyl groups excluding tert-OH is 1. The number of carbonyl (C=O) groups excluding carboxylic acids is 1. The lowest BCUT2D eigenvalue weighted by Crippen LogP contribution is -2.40. The van der Waals surface area contributed by atoms with Gasteiger partial charge in [0.25, 0.3) is 5.91 Å². The number of hydrogen-bond acceptors (Lipinski definition) is 3. The molecular formula is C22H28N4O2. The third-order valence-electron chi connectivity index (χ3n) is 6.12. The lowest BCUT2D eigenvalue weighted by molar-refractivity contribution is 0.0417. The first-order valence-corrected chi connectivity index (χ1v) is 9.91. The zero-order valence-corrected chi connectivity index (χ0v) is 17.0. The van der Waals surface area contributed by atoms with Crippen LogP contribution in [0.15, 0.2) is 24.5 Å². The number of nitrogens with one attached hydrogen (secondary N) is 1. The Morgan fingerprint density at radius 1 is 1.25 bits per heavy atom. The number of nitrogens with zero attached hydrogens (tertiary/aromatic N) is 3. The van der Waals surface area contributed by atoms with Gasteiger partial charge in [-0.3, -0.25) is 4.79 Å². The van der Waals surface area contributed by atoms with E-state index in [1.165, 1.54) is 5.56 Å². The first kappa shape index (κ1) is 18.7. The van der Waals surface area contributed by atoms with Gasteiger partial charge in [0.2, 0.25) is 0 Å². The molecule has 0 aliphatic carbocycles. The number of likely N-dealkylation sites (tertiary alicyclic amines) is 1. The largest absolute Gasteiger partial charge is 0.385 e. The van der Waals surface area contributed by atoms with E-state index < -0.39 is 6.10 Å². The molecule has 3 heterocycles. The topological polar surface area (TPSA) is 74.2 Å². The van der Waals surface area contributed by atoms with Gasteiger partial charge in [-0.15, -0.1) is 0 Å². The summed E-state index contributed by atoms with van der Waals surface area (Å²) in [6, 6.07) is 4.28. The minimum absolute atomic E-state index is 0.0516. The van der Waals surface area contributed by atoms with Gasteiger partial charge in [-0.2, -0.15) is 0 Å². The highest BCUT2D eigenvalue weighted by atomic mass is 16.3. The summed E-state index contributed by atoms with van der Waals surface area (Å²) in [5.74, 6) is 0.872. The van der Waals surface area contributed by atoms with Crippen LogP contribution in [0.4, 0.5) is 0 Å². The smallest absolute Gasteiger partial charge is 0.270 e. The lowest BCUT2D eigenvalue weighted by Gasteiger charge is -2.34. The number of aryl methyl sites for hydroxylation is 4. The van der Waals surface area contributed by atoms with Crippen molar-refractivity contribution in [2.45, 2.75) is 39.7 Å². The van der Waals surface area contributed by atoms with Crippen LogP contribution in [0.1, 0.15) is 51.9 Å². The maximum Gasteiger partial charge on any atom is 0.270 e. The van der Waals surface area contributed by atoms with Gasteiger partial charge in [0.15, 0.2) is 0 Å². The van der Waals surface area contributed by atoms with Crippen molar-refractivity contribution in [3.8, 4) is 0 Å². The summed E-state index contributed by atoms with van der Waals surface area (Å²) in [4.78, 5) is 22.7. The van der Waals surface area contributed by atoms with Crippen LogP contribution in [-0.4, -0.2) is 43.5 Å². The fourth-order valence-electron chi connectivity index (χ4n) is 4.45. The number of H-pyrrole nitrogens is 1. The fraction of sp³-hybridized carbons (Fsp3) is 0.455. The number of rotatable bonds is 3. The molecule has 1 fully saturated rings. The zero-order chi connectivity index (χ0) is 20.0. The van der Waals surface area contributed by atoms with Crippen LogP contribution in [0.5, 0.6) is 0 Å². The van der Waals surface area contributed by atoms with Crippen LogP contribution in [0.25, 0.3) is 10.9 Å². The number of carbonyl (C=O) groups is 1. The van der Waals surface area contributed by atoms with Crippen LogP contribution >= 0.6 is 0 Å². The standard InChI is InChI=1S/C22H28N4O2/c1-13-11-14(2)18-17(12-13)15(3)19(24-18)22(28)26-8-5-16(6-9-26)20(27)21-23-7-10-25(21)4/h7,10-12,16,20,24,27H,5-6,8-9H2,1-4H3. The average Bonchev–Trinajstić information content (AvgIpc) is 3.25. The molecule has 2 aromatic heterocycles. The second-order valence-corrected chi connectivity index (χ2v) is 8.10. The van der Waals surface area contributed by atoms with Gasteiger partial charge in [-0.25, -0.2) is 4.98 Å². The van der Waals surface area contributed by atoms with Crippen LogP contribution in [-0.2, 0) is 7.05 Å². The summed E-state index contributed by atoms with van der Waals surface area (Å²) in [5, 5.41) is 11.8. The molecule has 1 unspecified atom stereocenters. The third kappa shape index (κ3) is 3.11. The van der Waals surface area contributed by atoms with Crippen LogP contribution < -0.4 is 0 Å². The van der Waals surface area contributed by atoms with Crippen molar-refractivity contribution in [3.05, 3.63) is 52.7 Å². The highest BCUT2D eigenvalue weighted by molar-refractivity contribution is 6.01. The number of benzene rings is 1. The highest BCUT2D eigenvalue weighted by Gasteiger charge is 2.31. The molecule has 148 valence electrons. The molecule has 1 aromatic carbocycles. The molecule has 28 heavy (non-hydrogen) atoms. The lowest BCUT2D eigenvalue weighted by atomic mass is 9.90. The summed E-state index contributed by atoms with van der Waals surface area (Å²) in [5.41, 5.74) is 5.12. The van der Waals surface area contributed by atoms with Crippen molar-refractivity contribution in [3.63, 3.8) is 0 Å². The Kier molecular flexibility index (Phi) is 4.75. The van der Waals surface area contributed by atoms with Crippen molar-refractivity contribution in [2.24, 2.45) is 13.0 Å². The Morgan fingerprint density at radius 2 is 1.96 bits per heavy atom. The first-order valence-electron chi connectivity index (χ1n) is 9.91. The van der Waals surface area contributed by atoms with Crippen LogP contribution in [0.2, 0.25) is 0 Å². The van der Waals surface area contributed by atoms with E-state index in [2.05, 4.69) is 35.9 Å². The Balaban J connectivity index is 1.50. The molecule has 6 nitrogen and oxygen atoms in total. The van der Waals surface area contributed by atoms with Gasteiger partial charge in [-0.1, -0.05) is 11.6 Å². The minimum Gasteiger partial charge on any atom is -0.385 e. The number of aromatic amines is 1. The van der Waals surface area contributed by atoms with E-state index in [9.17, 15) is 9.90 Å². The predicted molar refractivity (Wildman–Crippen MR) is 109 cm³/mol. The Morgan fingerprint density at radius 3 is 2.61 bits per heavy atom. The molecular weight excluding hydrogens is 352 g/mol. The normalized spacial score (nSPS) is 16.7. The summed E-state index contributed by atoms with van der Waals surface area (Å²) in [7, 11) is 1.90. The number of piperidine rings is 1. The maximum atomic E-state index is 13.2. The van der Waals surface area contributed by atoms with Crippen LogP contribution in [0.3, 0.4) is 0 Å². The summed E-state index contributed by atoms with van der Waals surface area (Å²) in [6.07, 6.45) is 4.52. The summed E-state index contributed by atoms with van der Waals surface area (Å²) < 4.78 is 1.86. The van der Waals surface area contributed by atoms with Crippen molar-refractivity contribution in [1.29, 1.82) is 0 Å². The third-order valence-corrected chi connectivity index (χ3v) is 6.12. The highest BCUT2D eigenvalue weighted by Crippen LogP contribution is 2.31. The van der Waals surface area contributed by atoms with Crippen molar-refractivity contribution in [1.82, 2.24) is 19.4 Å². The molecule has 0 radical (unpaired) electrons. The maximum absolute atomic E-state index is 13.2. The van der Waals surface area contributed by atoms with Gasteiger partial charge in [0.1, 0.15) is 17.6 Å². The molecule has 6 heteroatoms. The number of aromatic nitrogens is 3. The second kappa shape index (κ2) is 7.09. The first-order chi connectivity index (χ1) is 13.4. The molecule has 0 bridgehead atoms. The van der Waals surface area contributed by atoms with E-state index in [1.807, 2.05) is 29.6 Å². The van der Waals surface area contributed by atoms with Gasteiger partial charge < -0.3 is 19.6 Å². The monoisotopic (exact) mass is 380 g/mol. The number of fused-ring (bicyclic) bond motifs is 1. The van der Waals surface area contributed by atoms with E-state index in [0.717, 1.165) is 34.9 Å². The SMILES string of the molecule is Cc1cc(C)c2[nH]c(C(=O)N3CCC(C(O)c4nccn4C)CC3)c(C)c2c1. The Bertz CT molecular complexity index is 1020. The molecule has 2 N–H and O–H groups in total. The van der Waals surface area contributed by atoms with Gasteiger partial charge >= 0.3 is 0 Å². The van der Waals surface area contributed by atoms with Crippen molar-refractivity contribution >= 4 is 16.8 Å². The van der Waals surface area contributed by atoms with Crippen LogP contribution in [0, 0.1) is 26.7 Å². The number of aliphatic hydroxyl groups is 1. The van der Waals surface area contributed by atoms with E-state index in [0.29, 0.717) is 24.6 Å². The molecule has 1 aliphatic rings. The molecule has 0 saturated carbocycles. The predicted octanol–water partition coefficient (Wildman–Crippen LogP) is 3.41. The van der Waals surface area contributed by atoms with Gasteiger partial charge in [-0.05, 0) is 56.7 Å². The number of hydrogen-bond donors (Lipinski definition) is 2. The molecule has 0 spiro atoms. The molecule has 1 saturated heterocycles.